The van der Waals surface area contributed by atoms with E-state index in [2.05, 4.69) is 4.74 Å². The first kappa shape index (κ1) is 14.2. The van der Waals surface area contributed by atoms with E-state index >= 15 is 0 Å². The third-order valence-corrected chi connectivity index (χ3v) is 2.48. The van der Waals surface area contributed by atoms with Crippen LogP contribution in [-0.4, -0.2) is 44.9 Å². The van der Waals surface area contributed by atoms with E-state index in [1.54, 1.807) is 0 Å². The minimum Gasteiger partial charge on any atom is -0.465 e. The summed E-state index contributed by atoms with van der Waals surface area (Å²) in [5.74, 6) is -0.807. The largest absolute Gasteiger partial charge is 0.465 e. The first-order valence-corrected chi connectivity index (χ1v) is 5.05. The molecule has 0 aliphatic heterocycles. The zero-order chi connectivity index (χ0) is 10.8. The number of hydrogen-bond acceptors (Lipinski definition) is 4. The van der Waals surface area contributed by atoms with Gasteiger partial charge in [-0.3, -0.25) is 4.55 Å². The summed E-state index contributed by atoms with van der Waals surface area (Å²) in [5, 5.41) is 0. The molecular weight excluding hydrogens is 215 g/mol. The second-order valence-electron chi connectivity index (χ2n) is 2.46. The molecule has 1 rings (SSSR count). The molecule has 0 fully saturated rings. The van der Waals surface area contributed by atoms with E-state index in [1.165, 1.54) is 18.2 Å². The van der Waals surface area contributed by atoms with Gasteiger partial charge in [-0.1, -0.05) is 12.1 Å². The van der Waals surface area contributed by atoms with Gasteiger partial charge in [0.15, 0.2) is 0 Å². The van der Waals surface area contributed by atoms with Crippen molar-refractivity contribution in [2.75, 3.05) is 7.11 Å². The molecule has 5 nitrogen and oxygen atoms in total. The van der Waals surface area contributed by atoms with Gasteiger partial charge in [-0.2, -0.15) is 8.42 Å². The molecule has 15 heavy (non-hydrogen) atoms. The van der Waals surface area contributed by atoms with Gasteiger partial charge in [0.2, 0.25) is 0 Å². The molecule has 1 radical (unpaired) electrons. The van der Waals surface area contributed by atoms with Gasteiger partial charge in [-0.25, -0.2) is 4.79 Å². The summed E-state index contributed by atoms with van der Waals surface area (Å²) in [4.78, 5) is 10.6. The molecule has 0 saturated heterocycles. The van der Waals surface area contributed by atoms with E-state index in [4.69, 9.17) is 4.55 Å². The van der Waals surface area contributed by atoms with Crippen molar-refractivity contribution < 1.29 is 22.5 Å². The summed E-state index contributed by atoms with van der Waals surface area (Å²) in [6, 6.07) is 5.26. The number of esters is 1. The van der Waals surface area contributed by atoms with Crippen LogP contribution in [-0.2, 0) is 14.9 Å². The molecule has 0 aromatic heterocycles. The maximum Gasteiger partial charge on any atom is 0.339 e. The van der Waals surface area contributed by atoms with Gasteiger partial charge in [0.25, 0.3) is 10.1 Å². The fraction of sp³-hybridized carbons (Fsp3) is 0.125. The van der Waals surface area contributed by atoms with Crippen molar-refractivity contribution in [3.05, 3.63) is 29.8 Å². The zero-order valence-corrected chi connectivity index (χ0v) is 9.11. The van der Waals surface area contributed by atoms with Gasteiger partial charge in [0.1, 0.15) is 4.90 Å². The molecule has 7 heteroatoms. The Kier molecular flexibility index (Phi) is 5.04. The molecule has 0 spiro atoms. The smallest absolute Gasteiger partial charge is 0.339 e. The van der Waals surface area contributed by atoms with E-state index in [0.717, 1.165) is 13.2 Å². The van der Waals surface area contributed by atoms with Crippen LogP contribution in [0.4, 0.5) is 0 Å². The molecule has 0 amide bonds. The summed E-state index contributed by atoms with van der Waals surface area (Å²) >= 11 is 0. The van der Waals surface area contributed by atoms with Crippen LogP contribution < -0.4 is 0 Å². The molecule has 1 aromatic carbocycles. The molecule has 0 atom stereocenters. The van der Waals surface area contributed by atoms with Crippen LogP contribution in [0.5, 0.6) is 0 Å². The number of carbonyl (C=O) groups excluding carboxylic acids is 1. The molecule has 0 unspecified atom stereocenters. The van der Waals surface area contributed by atoms with Gasteiger partial charge >= 0.3 is 5.97 Å². The standard InChI is InChI=1S/C8H8O5S.Li/c1-13-8(9)6-4-2-3-5-7(6)14(10,11)12;/h2-5H,1H3,(H,10,11,12);. The van der Waals surface area contributed by atoms with Gasteiger partial charge < -0.3 is 4.74 Å². The fourth-order valence-electron chi connectivity index (χ4n) is 0.970. The Morgan fingerprint density at radius 3 is 2.33 bits per heavy atom. The molecule has 0 saturated carbocycles. The number of ether oxygens (including phenoxy) is 1. The summed E-state index contributed by atoms with van der Waals surface area (Å²) in [6.45, 7) is 0. The van der Waals surface area contributed by atoms with Gasteiger partial charge in [0.05, 0.1) is 12.7 Å². The third-order valence-electron chi connectivity index (χ3n) is 1.57. The molecule has 0 aliphatic carbocycles. The predicted molar refractivity (Wildman–Crippen MR) is 53.4 cm³/mol. The van der Waals surface area contributed by atoms with E-state index in [-0.39, 0.29) is 24.4 Å². The second kappa shape index (κ2) is 5.33. The minimum absolute atomic E-state index is 0. The van der Waals surface area contributed by atoms with Crippen molar-refractivity contribution in [3.8, 4) is 0 Å². The van der Waals surface area contributed by atoms with E-state index in [9.17, 15) is 13.2 Å². The molecule has 0 heterocycles. The Bertz CT molecular complexity index is 454. The van der Waals surface area contributed by atoms with E-state index < -0.39 is 21.0 Å². The maximum absolute atomic E-state index is 11.1. The maximum atomic E-state index is 11.1. The van der Waals surface area contributed by atoms with Gasteiger partial charge in [-0.15, -0.1) is 0 Å². The topological polar surface area (TPSA) is 80.7 Å². The van der Waals surface area contributed by atoms with Crippen molar-refractivity contribution in [1.82, 2.24) is 0 Å². The van der Waals surface area contributed by atoms with E-state index in [0.29, 0.717) is 0 Å². The van der Waals surface area contributed by atoms with Crippen molar-refractivity contribution in [2.24, 2.45) is 0 Å². The van der Waals surface area contributed by atoms with Crippen LogP contribution in [0.1, 0.15) is 10.4 Å². The van der Waals surface area contributed by atoms with Gasteiger partial charge in [-0.05, 0) is 12.1 Å². The normalized spacial score (nSPS) is 10.3. The van der Waals surface area contributed by atoms with Crippen LogP contribution >= 0.6 is 0 Å². The number of benzene rings is 1. The average Bonchev–Trinajstić information content (AvgIpc) is 2.15. The zero-order valence-electron chi connectivity index (χ0n) is 8.30. The average molecular weight is 223 g/mol. The first-order chi connectivity index (χ1) is 6.46. The summed E-state index contributed by atoms with van der Waals surface area (Å²) in [7, 11) is -3.26. The first-order valence-electron chi connectivity index (χ1n) is 3.61. The second-order valence-corrected chi connectivity index (χ2v) is 3.85. The number of methoxy groups -OCH3 is 1. The van der Waals surface area contributed by atoms with Crippen molar-refractivity contribution in [2.45, 2.75) is 4.90 Å². The Morgan fingerprint density at radius 2 is 1.87 bits per heavy atom. The minimum atomic E-state index is -4.39. The SMILES string of the molecule is COC(=O)c1ccccc1S(=O)(=O)O.[Li]. The quantitative estimate of drug-likeness (QED) is 0.444. The van der Waals surface area contributed by atoms with E-state index in [1.807, 2.05) is 0 Å². The predicted octanol–water partition coefficient (Wildman–Crippen LogP) is 0.339. The van der Waals surface area contributed by atoms with Crippen molar-refractivity contribution in [3.63, 3.8) is 0 Å². The van der Waals surface area contributed by atoms with Crippen LogP contribution in [0.2, 0.25) is 0 Å². The van der Waals surface area contributed by atoms with Gasteiger partial charge in [0, 0.05) is 18.9 Å². The molecule has 1 N–H and O–H groups in total. The third kappa shape index (κ3) is 3.36. The number of rotatable bonds is 2. The monoisotopic (exact) mass is 223 g/mol. The molecular formula is C8H8LiO5S. The van der Waals surface area contributed by atoms with Crippen LogP contribution in [0.25, 0.3) is 0 Å². The molecule has 0 bridgehead atoms. The van der Waals surface area contributed by atoms with Crippen molar-refractivity contribution >= 4 is 34.9 Å². The summed E-state index contributed by atoms with van der Waals surface area (Å²) in [6.07, 6.45) is 0. The Hall–Kier alpha value is -0.803. The Labute approximate surface area is 99.4 Å². The number of carbonyl (C=O) groups is 1. The number of hydrogen-bond donors (Lipinski definition) is 1. The van der Waals surface area contributed by atoms with Crippen LogP contribution in [0, 0.1) is 0 Å². The Morgan fingerprint density at radius 1 is 1.33 bits per heavy atom. The Balaban J connectivity index is 0.00000196. The molecule has 0 aliphatic rings. The van der Waals surface area contributed by atoms with Crippen molar-refractivity contribution in [1.29, 1.82) is 0 Å². The fourth-order valence-corrected chi connectivity index (χ4v) is 1.65. The molecule has 1 aromatic rings. The van der Waals surface area contributed by atoms with Crippen LogP contribution in [0.3, 0.4) is 0 Å². The van der Waals surface area contributed by atoms with Crippen LogP contribution in [0.15, 0.2) is 29.2 Å². The summed E-state index contributed by atoms with van der Waals surface area (Å²) < 4.78 is 34.8. The summed E-state index contributed by atoms with van der Waals surface area (Å²) in [5.41, 5.74) is -0.183. The molecule has 77 valence electrons.